The number of hydrogen-bond acceptors (Lipinski definition) is 3. The summed E-state index contributed by atoms with van der Waals surface area (Å²) in [5, 5.41) is 3.36. The molecule has 0 saturated heterocycles. The van der Waals surface area contributed by atoms with E-state index in [0.717, 1.165) is 12.1 Å². The van der Waals surface area contributed by atoms with Crippen molar-refractivity contribution in [2.45, 2.75) is 33.1 Å². The Hall–Kier alpha value is -0.940. The van der Waals surface area contributed by atoms with Gasteiger partial charge in [-0.15, -0.1) is 0 Å². The quantitative estimate of drug-likeness (QED) is 0.762. The molecule has 5 heteroatoms. The highest BCUT2D eigenvalue weighted by Gasteiger charge is 2.16. The van der Waals surface area contributed by atoms with Crippen molar-refractivity contribution >= 4 is 9.84 Å². The van der Waals surface area contributed by atoms with Crippen LogP contribution in [0, 0.1) is 11.7 Å². The summed E-state index contributed by atoms with van der Waals surface area (Å²) >= 11 is 0. The molecule has 0 aromatic heterocycles. The van der Waals surface area contributed by atoms with Crippen molar-refractivity contribution in [1.29, 1.82) is 0 Å². The fourth-order valence-electron chi connectivity index (χ4n) is 2.13. The molecule has 0 aliphatic carbocycles. The monoisotopic (exact) mass is 315 g/mol. The first kappa shape index (κ1) is 18.1. The first-order valence-corrected chi connectivity index (χ1v) is 9.32. The largest absolute Gasteiger partial charge is 0.316 e. The van der Waals surface area contributed by atoms with Gasteiger partial charge in [0.1, 0.15) is 15.7 Å². The summed E-state index contributed by atoms with van der Waals surface area (Å²) in [5.41, 5.74) is 0.985. The van der Waals surface area contributed by atoms with Gasteiger partial charge in [0.15, 0.2) is 0 Å². The first-order chi connectivity index (χ1) is 9.84. The van der Waals surface area contributed by atoms with Gasteiger partial charge in [0.2, 0.25) is 0 Å². The minimum Gasteiger partial charge on any atom is -0.316 e. The molecule has 1 unspecified atom stereocenters. The Kier molecular flexibility index (Phi) is 7.32. The molecule has 1 aromatic carbocycles. The molecule has 0 aliphatic heterocycles. The van der Waals surface area contributed by atoms with Crippen molar-refractivity contribution in [2.75, 3.05) is 24.6 Å². The number of nitrogens with one attached hydrogen (secondary N) is 1. The van der Waals surface area contributed by atoms with Crippen molar-refractivity contribution in [1.82, 2.24) is 5.32 Å². The molecule has 0 spiro atoms. The highest BCUT2D eigenvalue weighted by Crippen LogP contribution is 2.20. The average Bonchev–Trinajstić information content (AvgIpc) is 2.43. The molecule has 0 bridgehead atoms. The maximum atomic E-state index is 13.0. The summed E-state index contributed by atoms with van der Waals surface area (Å²) in [7, 11) is -2.97. The van der Waals surface area contributed by atoms with Crippen LogP contribution in [-0.2, 0) is 9.84 Å². The molecule has 1 atom stereocenters. The maximum Gasteiger partial charge on any atom is 0.150 e. The number of benzene rings is 1. The van der Waals surface area contributed by atoms with E-state index in [0.29, 0.717) is 18.9 Å². The lowest BCUT2D eigenvalue weighted by Crippen LogP contribution is -2.27. The lowest BCUT2D eigenvalue weighted by molar-refractivity contribution is 0.506. The standard InChI is InChI=1S/C16H26FNO2S/c1-4-21(19,20)10-9-15(12-18-11-13(2)3)14-5-7-16(17)8-6-14/h5-8,13,15,18H,4,9-12H2,1-3H3. The summed E-state index contributed by atoms with van der Waals surface area (Å²) in [6, 6.07) is 6.35. The van der Waals surface area contributed by atoms with Gasteiger partial charge in [0, 0.05) is 12.3 Å². The zero-order chi connectivity index (χ0) is 15.9. The van der Waals surface area contributed by atoms with Crippen LogP contribution in [0.5, 0.6) is 0 Å². The van der Waals surface area contributed by atoms with Crippen molar-refractivity contribution in [3.63, 3.8) is 0 Å². The van der Waals surface area contributed by atoms with E-state index >= 15 is 0 Å². The van der Waals surface area contributed by atoms with Crippen molar-refractivity contribution < 1.29 is 12.8 Å². The van der Waals surface area contributed by atoms with Crippen LogP contribution in [0.2, 0.25) is 0 Å². The van der Waals surface area contributed by atoms with Crippen LogP contribution in [-0.4, -0.2) is 33.0 Å². The predicted octanol–water partition coefficient (Wildman–Crippen LogP) is 2.98. The Balaban J connectivity index is 2.72. The lowest BCUT2D eigenvalue weighted by atomic mass is 9.96. The summed E-state index contributed by atoms with van der Waals surface area (Å²) in [5.74, 6) is 0.704. The Morgan fingerprint density at radius 1 is 1.14 bits per heavy atom. The second kappa shape index (κ2) is 8.49. The molecule has 1 rings (SSSR count). The molecule has 1 N–H and O–H groups in total. The van der Waals surface area contributed by atoms with E-state index in [2.05, 4.69) is 19.2 Å². The summed E-state index contributed by atoms with van der Waals surface area (Å²) in [6.45, 7) is 7.52. The Labute approximate surface area is 127 Å². The van der Waals surface area contributed by atoms with Crippen LogP contribution in [0.4, 0.5) is 4.39 Å². The Bertz CT molecular complexity index is 512. The maximum absolute atomic E-state index is 13.0. The lowest BCUT2D eigenvalue weighted by Gasteiger charge is -2.19. The van der Waals surface area contributed by atoms with Gasteiger partial charge in [-0.25, -0.2) is 12.8 Å². The van der Waals surface area contributed by atoms with Gasteiger partial charge in [-0.2, -0.15) is 0 Å². The fourth-order valence-corrected chi connectivity index (χ4v) is 3.07. The molecular formula is C16H26FNO2S. The zero-order valence-corrected chi connectivity index (χ0v) is 13.9. The second-order valence-electron chi connectivity index (χ2n) is 5.83. The minimum atomic E-state index is -2.97. The smallest absolute Gasteiger partial charge is 0.150 e. The third-order valence-corrected chi connectivity index (χ3v) is 5.24. The van der Waals surface area contributed by atoms with Crippen LogP contribution in [0.25, 0.3) is 0 Å². The molecule has 3 nitrogen and oxygen atoms in total. The molecule has 120 valence electrons. The number of halogens is 1. The molecule has 21 heavy (non-hydrogen) atoms. The third kappa shape index (κ3) is 7.05. The first-order valence-electron chi connectivity index (χ1n) is 7.50. The highest BCUT2D eigenvalue weighted by atomic mass is 32.2. The van der Waals surface area contributed by atoms with E-state index in [1.807, 2.05) is 0 Å². The summed E-state index contributed by atoms with van der Waals surface area (Å²) in [6.07, 6.45) is 0.562. The molecule has 0 radical (unpaired) electrons. The summed E-state index contributed by atoms with van der Waals surface area (Å²) in [4.78, 5) is 0. The van der Waals surface area contributed by atoms with Gasteiger partial charge >= 0.3 is 0 Å². The van der Waals surface area contributed by atoms with Gasteiger partial charge in [-0.3, -0.25) is 0 Å². The molecule has 1 aromatic rings. The van der Waals surface area contributed by atoms with Crippen molar-refractivity contribution in [2.24, 2.45) is 5.92 Å². The second-order valence-corrected chi connectivity index (χ2v) is 8.30. The molecular weight excluding hydrogens is 289 g/mol. The Morgan fingerprint density at radius 2 is 1.76 bits per heavy atom. The van der Waals surface area contributed by atoms with Gasteiger partial charge in [0.05, 0.1) is 5.75 Å². The van der Waals surface area contributed by atoms with Crippen LogP contribution >= 0.6 is 0 Å². The predicted molar refractivity (Wildman–Crippen MR) is 85.8 cm³/mol. The zero-order valence-electron chi connectivity index (χ0n) is 13.1. The summed E-state index contributed by atoms with van der Waals surface area (Å²) < 4.78 is 36.4. The van der Waals surface area contributed by atoms with Crippen LogP contribution < -0.4 is 5.32 Å². The molecule has 0 heterocycles. The third-order valence-electron chi connectivity index (χ3n) is 3.50. The van der Waals surface area contributed by atoms with E-state index < -0.39 is 9.84 Å². The molecule has 0 amide bonds. The van der Waals surface area contributed by atoms with E-state index in [1.54, 1.807) is 19.1 Å². The van der Waals surface area contributed by atoms with Gasteiger partial charge in [-0.1, -0.05) is 32.9 Å². The van der Waals surface area contributed by atoms with Crippen molar-refractivity contribution in [3.05, 3.63) is 35.6 Å². The fraction of sp³-hybridized carbons (Fsp3) is 0.625. The van der Waals surface area contributed by atoms with E-state index in [4.69, 9.17) is 0 Å². The number of hydrogen-bond donors (Lipinski definition) is 1. The van der Waals surface area contributed by atoms with E-state index in [9.17, 15) is 12.8 Å². The van der Waals surface area contributed by atoms with E-state index in [1.165, 1.54) is 12.1 Å². The van der Waals surface area contributed by atoms with E-state index in [-0.39, 0.29) is 23.2 Å². The molecule has 0 aliphatic rings. The number of sulfone groups is 1. The normalized spacial score (nSPS) is 13.6. The Morgan fingerprint density at radius 3 is 2.29 bits per heavy atom. The highest BCUT2D eigenvalue weighted by molar-refractivity contribution is 7.91. The van der Waals surface area contributed by atoms with Gasteiger partial charge in [0.25, 0.3) is 0 Å². The molecule has 0 fully saturated rings. The van der Waals surface area contributed by atoms with Crippen LogP contribution in [0.3, 0.4) is 0 Å². The van der Waals surface area contributed by atoms with Gasteiger partial charge in [-0.05, 0) is 42.5 Å². The van der Waals surface area contributed by atoms with Crippen LogP contribution in [0.1, 0.15) is 38.7 Å². The number of rotatable bonds is 9. The minimum absolute atomic E-state index is 0.0886. The van der Waals surface area contributed by atoms with Gasteiger partial charge < -0.3 is 5.32 Å². The molecule has 0 saturated carbocycles. The SMILES string of the molecule is CCS(=O)(=O)CCC(CNCC(C)C)c1ccc(F)cc1. The topological polar surface area (TPSA) is 46.2 Å². The van der Waals surface area contributed by atoms with Crippen molar-refractivity contribution in [3.8, 4) is 0 Å². The average molecular weight is 315 g/mol. The van der Waals surface area contributed by atoms with Crippen LogP contribution in [0.15, 0.2) is 24.3 Å².